The minimum Gasteiger partial charge on any atom is -0.366 e. The number of fused-ring (bicyclic) bond motifs is 1. The van der Waals surface area contributed by atoms with Crippen molar-refractivity contribution in [3.63, 3.8) is 0 Å². The summed E-state index contributed by atoms with van der Waals surface area (Å²) in [6, 6.07) is 3.33. The van der Waals surface area contributed by atoms with Crippen LogP contribution in [0.1, 0.15) is 18.7 Å². The topological polar surface area (TPSA) is 81.1 Å². The summed E-state index contributed by atoms with van der Waals surface area (Å²) in [7, 11) is 0. The van der Waals surface area contributed by atoms with Gasteiger partial charge in [-0.15, -0.1) is 15.3 Å². The van der Waals surface area contributed by atoms with Gasteiger partial charge in [-0.05, 0) is 25.0 Å². The molecule has 0 aromatic carbocycles. The molecule has 0 amide bonds. The molecule has 0 bridgehead atoms. The Balaban J connectivity index is 1.90. The van der Waals surface area contributed by atoms with E-state index in [1.54, 1.807) is 6.07 Å². The maximum absolute atomic E-state index is 12.7. The molecular weight excluding hydrogens is 261 g/mol. The molecule has 0 saturated heterocycles. The van der Waals surface area contributed by atoms with Gasteiger partial charge in [-0.25, -0.2) is 0 Å². The fourth-order valence-corrected chi connectivity index (χ4v) is 2.03. The van der Waals surface area contributed by atoms with E-state index in [1.165, 1.54) is 6.07 Å². The van der Waals surface area contributed by atoms with Crippen molar-refractivity contribution in [2.75, 3.05) is 5.32 Å². The minimum atomic E-state index is -4.58. The average molecular weight is 272 g/mol. The van der Waals surface area contributed by atoms with Crippen molar-refractivity contribution in [3.8, 4) is 0 Å². The van der Waals surface area contributed by atoms with E-state index in [0.29, 0.717) is 10.3 Å². The lowest BCUT2D eigenvalue weighted by Gasteiger charge is -2.33. The third kappa shape index (κ3) is 2.21. The van der Waals surface area contributed by atoms with Gasteiger partial charge in [0.05, 0.1) is 0 Å². The highest BCUT2D eigenvalue weighted by Crippen LogP contribution is 2.28. The van der Waals surface area contributed by atoms with Crippen LogP contribution in [0.5, 0.6) is 0 Å². The summed E-state index contributed by atoms with van der Waals surface area (Å²) in [6.45, 7) is 0. The zero-order chi connectivity index (χ0) is 13.6. The van der Waals surface area contributed by atoms with Crippen LogP contribution >= 0.6 is 0 Å². The first-order valence-electron chi connectivity index (χ1n) is 5.75. The third-order valence-electron chi connectivity index (χ3n) is 3.04. The first-order valence-corrected chi connectivity index (χ1v) is 5.75. The fourth-order valence-electron chi connectivity index (χ4n) is 2.03. The quantitative estimate of drug-likeness (QED) is 0.853. The Morgan fingerprint density at radius 3 is 2.63 bits per heavy atom. The smallest absolute Gasteiger partial charge is 0.366 e. The number of aromatic nitrogens is 4. The van der Waals surface area contributed by atoms with Crippen LogP contribution in [-0.2, 0) is 6.18 Å². The molecular formula is C10H11F3N6. The number of nitrogens with one attached hydrogen (secondary N) is 1. The van der Waals surface area contributed by atoms with Gasteiger partial charge in [0, 0.05) is 12.1 Å². The van der Waals surface area contributed by atoms with Crippen molar-refractivity contribution in [2.45, 2.75) is 31.1 Å². The molecule has 1 fully saturated rings. The maximum atomic E-state index is 12.7. The highest BCUT2D eigenvalue weighted by Gasteiger charge is 2.37. The molecule has 1 aliphatic carbocycles. The van der Waals surface area contributed by atoms with Crippen molar-refractivity contribution in [2.24, 2.45) is 5.73 Å². The standard InChI is InChI=1S/C10H11F3N6/c11-10(12,13)9-17-16-8-2-1-7(18-19(8)9)15-6-3-5(14)4-6/h1-2,5-6H,3-4,14H2,(H,15,18). The van der Waals surface area contributed by atoms with Gasteiger partial charge >= 0.3 is 6.18 Å². The predicted octanol–water partition coefficient (Wildman–Crippen LogP) is 1.04. The molecule has 3 N–H and O–H groups in total. The Morgan fingerprint density at radius 2 is 2.00 bits per heavy atom. The van der Waals surface area contributed by atoms with Crippen molar-refractivity contribution in [1.82, 2.24) is 19.8 Å². The molecule has 9 heteroatoms. The SMILES string of the molecule is NC1CC(Nc2ccc3nnc(C(F)(F)F)n3n2)C1. The predicted molar refractivity (Wildman–Crippen MR) is 60.4 cm³/mol. The number of alkyl halides is 3. The van der Waals surface area contributed by atoms with Crippen LogP contribution in [-0.4, -0.2) is 31.9 Å². The molecule has 0 aliphatic heterocycles. The minimum absolute atomic E-state index is 0.0585. The molecule has 2 heterocycles. The first-order chi connectivity index (χ1) is 8.93. The summed E-state index contributed by atoms with van der Waals surface area (Å²) in [5.41, 5.74) is 5.70. The maximum Gasteiger partial charge on any atom is 0.453 e. The molecule has 1 saturated carbocycles. The second-order valence-corrected chi connectivity index (χ2v) is 4.58. The zero-order valence-corrected chi connectivity index (χ0v) is 9.72. The van der Waals surface area contributed by atoms with Crippen LogP contribution in [0, 0.1) is 0 Å². The van der Waals surface area contributed by atoms with Crippen LogP contribution in [0.25, 0.3) is 5.65 Å². The summed E-state index contributed by atoms with van der Waals surface area (Å²) < 4.78 is 38.7. The van der Waals surface area contributed by atoms with Gasteiger partial charge in [0.25, 0.3) is 5.82 Å². The second-order valence-electron chi connectivity index (χ2n) is 4.58. The normalized spacial score (nSPS) is 23.4. The van der Waals surface area contributed by atoms with Crippen molar-refractivity contribution >= 4 is 11.5 Å². The van der Waals surface area contributed by atoms with E-state index in [1.807, 2.05) is 0 Å². The number of rotatable bonds is 2. The monoisotopic (exact) mass is 272 g/mol. The van der Waals surface area contributed by atoms with Gasteiger partial charge in [0.1, 0.15) is 5.82 Å². The van der Waals surface area contributed by atoms with Crippen LogP contribution in [0.15, 0.2) is 12.1 Å². The molecule has 0 spiro atoms. The van der Waals surface area contributed by atoms with Gasteiger partial charge in [-0.2, -0.15) is 17.7 Å². The lowest BCUT2D eigenvalue weighted by atomic mass is 9.88. The number of anilines is 1. The summed E-state index contributed by atoms with van der Waals surface area (Å²) in [4.78, 5) is 0. The van der Waals surface area contributed by atoms with E-state index in [-0.39, 0.29) is 17.7 Å². The van der Waals surface area contributed by atoms with E-state index < -0.39 is 12.0 Å². The lowest BCUT2D eigenvalue weighted by molar-refractivity contribution is -0.146. The molecule has 2 aromatic heterocycles. The molecule has 0 unspecified atom stereocenters. The Hall–Kier alpha value is -1.90. The highest BCUT2D eigenvalue weighted by atomic mass is 19.4. The molecule has 3 rings (SSSR count). The molecule has 102 valence electrons. The summed E-state index contributed by atoms with van der Waals surface area (Å²) in [5, 5.41) is 13.4. The molecule has 19 heavy (non-hydrogen) atoms. The van der Waals surface area contributed by atoms with Gasteiger partial charge in [-0.1, -0.05) is 0 Å². The number of hydrogen-bond donors (Lipinski definition) is 2. The summed E-state index contributed by atoms with van der Waals surface area (Å²) in [5.74, 6) is -0.772. The summed E-state index contributed by atoms with van der Waals surface area (Å²) >= 11 is 0. The Kier molecular flexibility index (Phi) is 2.59. The fraction of sp³-hybridized carbons (Fsp3) is 0.500. The zero-order valence-electron chi connectivity index (χ0n) is 9.72. The van der Waals surface area contributed by atoms with Crippen molar-refractivity contribution in [3.05, 3.63) is 18.0 Å². The molecule has 1 aliphatic rings. The number of hydrogen-bond acceptors (Lipinski definition) is 5. The number of nitrogens with zero attached hydrogens (tertiary/aromatic N) is 4. The lowest BCUT2D eigenvalue weighted by Crippen LogP contribution is -2.44. The molecule has 0 radical (unpaired) electrons. The van der Waals surface area contributed by atoms with Crippen LogP contribution in [0.3, 0.4) is 0 Å². The Labute approximate surface area is 105 Å². The van der Waals surface area contributed by atoms with Gasteiger partial charge < -0.3 is 11.1 Å². The number of nitrogens with two attached hydrogens (primary N) is 1. The van der Waals surface area contributed by atoms with Crippen LogP contribution in [0.2, 0.25) is 0 Å². The van der Waals surface area contributed by atoms with E-state index >= 15 is 0 Å². The first kappa shape index (κ1) is 12.2. The van der Waals surface area contributed by atoms with Gasteiger partial charge in [0.15, 0.2) is 5.65 Å². The van der Waals surface area contributed by atoms with E-state index in [9.17, 15) is 13.2 Å². The molecule has 0 atom stereocenters. The van der Waals surface area contributed by atoms with E-state index in [4.69, 9.17) is 5.73 Å². The van der Waals surface area contributed by atoms with Crippen LogP contribution in [0.4, 0.5) is 19.0 Å². The highest BCUT2D eigenvalue weighted by molar-refractivity contribution is 5.45. The average Bonchev–Trinajstić information content (AvgIpc) is 2.69. The number of halogens is 3. The van der Waals surface area contributed by atoms with Crippen LogP contribution < -0.4 is 11.1 Å². The van der Waals surface area contributed by atoms with Gasteiger partial charge in [0.2, 0.25) is 0 Å². The summed E-state index contributed by atoms with van der Waals surface area (Å²) in [6.07, 6.45) is -3.01. The largest absolute Gasteiger partial charge is 0.453 e. The van der Waals surface area contributed by atoms with Gasteiger partial charge in [-0.3, -0.25) is 0 Å². The van der Waals surface area contributed by atoms with E-state index in [0.717, 1.165) is 12.8 Å². The Morgan fingerprint density at radius 1 is 1.26 bits per heavy atom. The second kappa shape index (κ2) is 4.05. The van der Waals surface area contributed by atoms with Crippen molar-refractivity contribution < 1.29 is 13.2 Å². The third-order valence-corrected chi connectivity index (χ3v) is 3.04. The Bertz CT molecular complexity index is 601. The molecule has 6 nitrogen and oxygen atoms in total. The van der Waals surface area contributed by atoms with Crippen molar-refractivity contribution in [1.29, 1.82) is 0 Å². The molecule has 2 aromatic rings. The van der Waals surface area contributed by atoms with E-state index in [2.05, 4.69) is 20.6 Å².